The van der Waals surface area contributed by atoms with E-state index in [-0.39, 0.29) is 11.7 Å². The third kappa shape index (κ3) is 4.06. The van der Waals surface area contributed by atoms with Crippen molar-refractivity contribution in [2.45, 2.75) is 26.0 Å². The van der Waals surface area contributed by atoms with Crippen LogP contribution in [0.1, 0.15) is 19.1 Å². The fourth-order valence-electron chi connectivity index (χ4n) is 2.34. The van der Waals surface area contributed by atoms with Gasteiger partial charge in [-0.2, -0.15) is 5.10 Å². The first-order chi connectivity index (χ1) is 12.2. The minimum absolute atomic E-state index is 0.0496. The number of amides is 1. The van der Waals surface area contributed by atoms with Crippen molar-refractivity contribution in [1.82, 2.24) is 9.78 Å². The van der Waals surface area contributed by atoms with Gasteiger partial charge < -0.3 is 14.5 Å². The number of furan rings is 1. The lowest BCUT2D eigenvalue weighted by Crippen LogP contribution is -2.33. The minimum Gasteiger partial charge on any atom is -0.478 e. The molecule has 3 rings (SSSR count). The molecule has 0 saturated heterocycles. The molecule has 130 valence electrons. The number of rotatable bonds is 7. The van der Waals surface area contributed by atoms with E-state index in [0.29, 0.717) is 24.5 Å². The van der Waals surface area contributed by atoms with E-state index in [0.717, 1.165) is 0 Å². The van der Waals surface area contributed by atoms with Crippen LogP contribution >= 0.6 is 0 Å². The van der Waals surface area contributed by atoms with Crippen LogP contribution in [-0.2, 0) is 11.3 Å². The summed E-state index contributed by atoms with van der Waals surface area (Å²) in [6.45, 7) is 2.19. The average Bonchev–Trinajstić information content (AvgIpc) is 3.27. The third-order valence-electron chi connectivity index (χ3n) is 3.62. The standard InChI is InChI=1S/C18H18FN3O3/c1-2-15(25-16-8-4-3-7-14(16)19)18(23)21-17-9-10-20-22(17)12-13-6-5-11-24-13/h3-11,15H,2,12H2,1H3,(H,21,23). The van der Waals surface area contributed by atoms with Gasteiger partial charge in [-0.1, -0.05) is 19.1 Å². The van der Waals surface area contributed by atoms with E-state index in [2.05, 4.69) is 10.4 Å². The van der Waals surface area contributed by atoms with E-state index in [1.807, 2.05) is 6.07 Å². The van der Waals surface area contributed by atoms with Gasteiger partial charge in [0.1, 0.15) is 18.1 Å². The first kappa shape index (κ1) is 16.8. The molecule has 0 aliphatic heterocycles. The van der Waals surface area contributed by atoms with Crippen molar-refractivity contribution in [2.75, 3.05) is 5.32 Å². The highest BCUT2D eigenvalue weighted by atomic mass is 19.1. The van der Waals surface area contributed by atoms with Crippen molar-refractivity contribution >= 4 is 11.7 Å². The number of benzene rings is 1. The van der Waals surface area contributed by atoms with Gasteiger partial charge in [0.05, 0.1) is 12.5 Å². The molecule has 0 aliphatic rings. The number of hydrogen-bond donors (Lipinski definition) is 1. The maximum absolute atomic E-state index is 13.7. The Balaban J connectivity index is 1.68. The zero-order valence-electron chi connectivity index (χ0n) is 13.7. The number of carbonyl (C=O) groups excluding carboxylic acids is 1. The van der Waals surface area contributed by atoms with Gasteiger partial charge in [-0.25, -0.2) is 9.07 Å². The molecular formula is C18H18FN3O3. The maximum atomic E-state index is 13.7. The number of carbonyl (C=O) groups is 1. The fourth-order valence-corrected chi connectivity index (χ4v) is 2.34. The number of aromatic nitrogens is 2. The zero-order valence-corrected chi connectivity index (χ0v) is 13.7. The molecule has 2 heterocycles. The molecule has 1 atom stereocenters. The molecule has 1 amide bonds. The largest absolute Gasteiger partial charge is 0.478 e. The Morgan fingerprint density at radius 1 is 1.32 bits per heavy atom. The molecule has 0 radical (unpaired) electrons. The molecule has 1 unspecified atom stereocenters. The SMILES string of the molecule is CCC(Oc1ccccc1F)C(=O)Nc1ccnn1Cc1ccco1. The van der Waals surface area contributed by atoms with Crippen LogP contribution in [0.2, 0.25) is 0 Å². The molecule has 2 aromatic heterocycles. The quantitative estimate of drug-likeness (QED) is 0.713. The Labute approximate surface area is 144 Å². The van der Waals surface area contributed by atoms with E-state index in [4.69, 9.17) is 9.15 Å². The molecule has 1 N–H and O–H groups in total. The maximum Gasteiger partial charge on any atom is 0.266 e. The average molecular weight is 343 g/mol. The topological polar surface area (TPSA) is 69.3 Å². The summed E-state index contributed by atoms with van der Waals surface area (Å²) in [5.74, 6) is 0.406. The summed E-state index contributed by atoms with van der Waals surface area (Å²) in [5.41, 5.74) is 0. The Morgan fingerprint density at radius 3 is 2.88 bits per heavy atom. The van der Waals surface area contributed by atoms with Gasteiger partial charge in [-0.15, -0.1) is 0 Å². The number of nitrogens with zero attached hydrogens (tertiary/aromatic N) is 2. The smallest absolute Gasteiger partial charge is 0.266 e. The second-order valence-corrected chi connectivity index (χ2v) is 5.39. The highest BCUT2D eigenvalue weighted by Gasteiger charge is 2.21. The first-order valence-electron chi connectivity index (χ1n) is 7.93. The molecule has 0 aliphatic carbocycles. The second kappa shape index (κ2) is 7.65. The second-order valence-electron chi connectivity index (χ2n) is 5.39. The third-order valence-corrected chi connectivity index (χ3v) is 3.62. The van der Waals surface area contributed by atoms with Gasteiger partial charge in [0.15, 0.2) is 17.7 Å². The molecule has 0 bridgehead atoms. The Hall–Kier alpha value is -3.09. The predicted octanol–water partition coefficient (Wildman–Crippen LogP) is 3.46. The Morgan fingerprint density at radius 2 is 2.16 bits per heavy atom. The highest BCUT2D eigenvalue weighted by Crippen LogP contribution is 2.19. The van der Waals surface area contributed by atoms with Crippen molar-refractivity contribution in [1.29, 1.82) is 0 Å². The van der Waals surface area contributed by atoms with E-state index in [1.165, 1.54) is 12.1 Å². The Bertz CT molecular complexity index is 830. The van der Waals surface area contributed by atoms with E-state index in [9.17, 15) is 9.18 Å². The van der Waals surface area contributed by atoms with E-state index >= 15 is 0 Å². The van der Waals surface area contributed by atoms with Crippen LogP contribution < -0.4 is 10.1 Å². The summed E-state index contributed by atoms with van der Waals surface area (Å²) in [7, 11) is 0. The van der Waals surface area contributed by atoms with Crippen LogP contribution in [0.15, 0.2) is 59.3 Å². The normalized spacial score (nSPS) is 11.9. The summed E-state index contributed by atoms with van der Waals surface area (Å²) in [4.78, 5) is 12.5. The first-order valence-corrected chi connectivity index (χ1v) is 7.93. The summed E-state index contributed by atoms with van der Waals surface area (Å²) in [6, 6.07) is 11.3. The van der Waals surface area contributed by atoms with Crippen molar-refractivity contribution in [3.8, 4) is 5.75 Å². The molecule has 3 aromatic rings. The molecule has 0 fully saturated rings. The van der Waals surface area contributed by atoms with Gasteiger partial charge in [-0.3, -0.25) is 4.79 Å². The molecule has 1 aromatic carbocycles. The number of anilines is 1. The number of hydrogen-bond acceptors (Lipinski definition) is 4. The van der Waals surface area contributed by atoms with Gasteiger partial charge in [0.2, 0.25) is 0 Å². The predicted molar refractivity (Wildman–Crippen MR) is 89.8 cm³/mol. The van der Waals surface area contributed by atoms with E-state index in [1.54, 1.807) is 48.3 Å². The van der Waals surface area contributed by atoms with Crippen LogP contribution in [0, 0.1) is 5.82 Å². The van der Waals surface area contributed by atoms with Crippen molar-refractivity contribution in [2.24, 2.45) is 0 Å². The molecule has 25 heavy (non-hydrogen) atoms. The number of nitrogens with one attached hydrogen (secondary N) is 1. The summed E-state index contributed by atoms with van der Waals surface area (Å²) in [5, 5.41) is 6.93. The van der Waals surface area contributed by atoms with Crippen LogP contribution in [0.5, 0.6) is 5.75 Å². The lowest BCUT2D eigenvalue weighted by molar-refractivity contribution is -0.123. The summed E-state index contributed by atoms with van der Waals surface area (Å²) < 4.78 is 26.1. The highest BCUT2D eigenvalue weighted by molar-refractivity contribution is 5.93. The van der Waals surface area contributed by atoms with Crippen molar-refractivity contribution in [3.05, 3.63) is 66.5 Å². The van der Waals surface area contributed by atoms with Crippen LogP contribution in [0.3, 0.4) is 0 Å². The molecule has 7 heteroatoms. The zero-order chi connectivity index (χ0) is 17.6. The van der Waals surface area contributed by atoms with E-state index < -0.39 is 11.9 Å². The molecular weight excluding hydrogens is 325 g/mol. The Kier molecular flexibility index (Phi) is 5.13. The number of para-hydroxylation sites is 1. The lowest BCUT2D eigenvalue weighted by atomic mass is 10.2. The number of halogens is 1. The summed E-state index contributed by atoms with van der Waals surface area (Å²) >= 11 is 0. The molecule has 0 saturated carbocycles. The van der Waals surface area contributed by atoms with Gasteiger partial charge in [0.25, 0.3) is 5.91 Å². The van der Waals surface area contributed by atoms with Crippen LogP contribution in [-0.4, -0.2) is 21.8 Å². The van der Waals surface area contributed by atoms with Crippen molar-refractivity contribution in [3.63, 3.8) is 0 Å². The fraction of sp³-hybridized carbons (Fsp3) is 0.222. The number of ether oxygens (including phenoxy) is 1. The van der Waals surface area contributed by atoms with Crippen LogP contribution in [0.25, 0.3) is 0 Å². The van der Waals surface area contributed by atoms with Gasteiger partial charge in [-0.05, 0) is 30.7 Å². The minimum atomic E-state index is -0.816. The molecule has 0 spiro atoms. The lowest BCUT2D eigenvalue weighted by Gasteiger charge is -2.18. The van der Waals surface area contributed by atoms with Gasteiger partial charge >= 0.3 is 0 Å². The van der Waals surface area contributed by atoms with Gasteiger partial charge in [0, 0.05) is 6.07 Å². The van der Waals surface area contributed by atoms with Crippen LogP contribution in [0.4, 0.5) is 10.2 Å². The molecule has 6 nitrogen and oxygen atoms in total. The monoisotopic (exact) mass is 343 g/mol. The van der Waals surface area contributed by atoms with Crippen molar-refractivity contribution < 1.29 is 18.3 Å². The summed E-state index contributed by atoms with van der Waals surface area (Å²) in [6.07, 6.45) is 2.74.